The molecule has 1 aromatic carbocycles. The van der Waals surface area contributed by atoms with Crippen LogP contribution in [0.4, 0.5) is 10.1 Å². The Kier molecular flexibility index (Phi) is 4.01. The fourth-order valence-corrected chi connectivity index (χ4v) is 3.47. The van der Waals surface area contributed by atoms with E-state index < -0.39 is 15.8 Å². The first-order chi connectivity index (χ1) is 10.9. The number of aromatic nitrogens is 2. The van der Waals surface area contributed by atoms with Crippen molar-refractivity contribution >= 4 is 15.7 Å². The molecule has 1 atom stereocenters. The summed E-state index contributed by atoms with van der Waals surface area (Å²) < 4.78 is 47.2. The van der Waals surface area contributed by atoms with Crippen LogP contribution in [0.3, 0.4) is 0 Å². The van der Waals surface area contributed by atoms with Gasteiger partial charge in [0.15, 0.2) is 11.6 Å². The molecule has 0 spiro atoms. The third-order valence-electron chi connectivity index (χ3n) is 4.01. The number of benzene rings is 1. The Labute approximate surface area is 134 Å². The lowest BCUT2D eigenvalue weighted by molar-refractivity contribution is 0.385. The Morgan fingerprint density at radius 3 is 2.83 bits per heavy atom. The number of methoxy groups -OCH3 is 1. The van der Waals surface area contributed by atoms with Gasteiger partial charge >= 0.3 is 0 Å². The lowest BCUT2D eigenvalue weighted by atomic mass is 10.2. The van der Waals surface area contributed by atoms with Crippen molar-refractivity contribution in [3.8, 4) is 5.75 Å². The van der Waals surface area contributed by atoms with Crippen molar-refractivity contribution < 1.29 is 17.5 Å². The van der Waals surface area contributed by atoms with Crippen LogP contribution < -0.4 is 9.46 Å². The summed E-state index contributed by atoms with van der Waals surface area (Å²) in [5, 5.41) is 4.21. The van der Waals surface area contributed by atoms with Gasteiger partial charge in [0.1, 0.15) is 0 Å². The average Bonchev–Trinajstić information content (AvgIpc) is 3.27. The molecule has 0 amide bonds. The Morgan fingerprint density at radius 2 is 2.17 bits per heavy atom. The van der Waals surface area contributed by atoms with Gasteiger partial charge in [-0.25, -0.2) is 12.8 Å². The quantitative estimate of drug-likeness (QED) is 0.878. The van der Waals surface area contributed by atoms with E-state index in [0.29, 0.717) is 11.6 Å². The Morgan fingerprint density at radius 1 is 1.43 bits per heavy atom. The summed E-state index contributed by atoms with van der Waals surface area (Å²) >= 11 is 0. The minimum absolute atomic E-state index is 0.0706. The van der Waals surface area contributed by atoms with Crippen LogP contribution in [0.1, 0.15) is 25.8 Å². The minimum atomic E-state index is -3.83. The standard InChI is InChI=1S/C15H18FN3O3S/c1-10(11-3-4-11)19-9-12(8-17-19)18-23(20,21)13-5-6-14(16)15(7-13)22-2/h5-11,18H,3-4H2,1-2H3. The molecule has 1 fully saturated rings. The van der Waals surface area contributed by atoms with Gasteiger partial charge < -0.3 is 4.74 Å². The van der Waals surface area contributed by atoms with Gasteiger partial charge in [0.25, 0.3) is 10.0 Å². The van der Waals surface area contributed by atoms with Crippen LogP contribution in [0.25, 0.3) is 0 Å². The van der Waals surface area contributed by atoms with Gasteiger partial charge in [-0.15, -0.1) is 0 Å². The van der Waals surface area contributed by atoms with E-state index in [4.69, 9.17) is 4.74 Å². The van der Waals surface area contributed by atoms with Crippen molar-refractivity contribution in [1.29, 1.82) is 0 Å². The Bertz CT molecular complexity index is 815. The zero-order chi connectivity index (χ0) is 16.6. The summed E-state index contributed by atoms with van der Waals surface area (Å²) in [6, 6.07) is 3.65. The Hall–Kier alpha value is -2.09. The molecule has 1 saturated carbocycles. The highest BCUT2D eigenvalue weighted by Crippen LogP contribution is 2.39. The maximum Gasteiger partial charge on any atom is 0.262 e. The molecule has 1 aliphatic rings. The lowest BCUT2D eigenvalue weighted by Gasteiger charge is -2.10. The van der Waals surface area contributed by atoms with E-state index in [1.54, 1.807) is 10.9 Å². The predicted octanol–water partition coefficient (Wildman–Crippen LogP) is 2.80. The van der Waals surface area contributed by atoms with Gasteiger partial charge in [-0.05, 0) is 37.8 Å². The fourth-order valence-electron chi connectivity index (χ4n) is 2.43. The summed E-state index contributed by atoms with van der Waals surface area (Å²) in [6.07, 6.45) is 5.49. The van der Waals surface area contributed by atoms with Gasteiger partial charge in [-0.1, -0.05) is 0 Å². The number of hydrogen-bond acceptors (Lipinski definition) is 4. The number of sulfonamides is 1. The fraction of sp³-hybridized carbons (Fsp3) is 0.400. The number of halogens is 1. The summed E-state index contributed by atoms with van der Waals surface area (Å²) in [7, 11) is -2.55. The number of ether oxygens (including phenoxy) is 1. The third kappa shape index (κ3) is 3.31. The summed E-state index contributed by atoms with van der Waals surface area (Å²) in [5.74, 6) is -0.121. The first kappa shape index (κ1) is 15.8. The van der Waals surface area contributed by atoms with E-state index in [2.05, 4.69) is 16.7 Å². The molecular weight excluding hydrogens is 321 g/mol. The van der Waals surface area contributed by atoms with Crippen LogP contribution in [0.15, 0.2) is 35.5 Å². The highest BCUT2D eigenvalue weighted by Gasteiger charge is 2.29. The van der Waals surface area contributed by atoms with Crippen LogP contribution in [0.5, 0.6) is 5.75 Å². The molecule has 0 saturated heterocycles. The van der Waals surface area contributed by atoms with Crippen LogP contribution in [-0.2, 0) is 10.0 Å². The summed E-state index contributed by atoms with van der Waals surface area (Å²) in [5.41, 5.74) is 0.376. The highest BCUT2D eigenvalue weighted by atomic mass is 32.2. The second-order valence-electron chi connectivity index (χ2n) is 5.69. The van der Waals surface area contributed by atoms with Gasteiger partial charge in [-0.2, -0.15) is 5.10 Å². The van der Waals surface area contributed by atoms with Gasteiger partial charge in [-0.3, -0.25) is 9.40 Å². The van der Waals surface area contributed by atoms with Crippen LogP contribution in [-0.4, -0.2) is 25.3 Å². The molecule has 1 N–H and O–H groups in total. The molecule has 2 aromatic rings. The summed E-state index contributed by atoms with van der Waals surface area (Å²) in [6.45, 7) is 2.06. The van der Waals surface area contributed by atoms with E-state index in [9.17, 15) is 12.8 Å². The molecule has 8 heteroatoms. The van der Waals surface area contributed by atoms with Gasteiger partial charge in [0.05, 0.1) is 29.9 Å². The van der Waals surface area contributed by atoms with Crippen molar-refractivity contribution in [3.05, 3.63) is 36.4 Å². The normalized spacial score (nSPS) is 16.1. The first-order valence-electron chi connectivity index (χ1n) is 7.31. The average molecular weight is 339 g/mol. The maximum atomic E-state index is 13.4. The highest BCUT2D eigenvalue weighted by molar-refractivity contribution is 7.92. The number of hydrogen-bond donors (Lipinski definition) is 1. The molecule has 1 heterocycles. The molecule has 3 rings (SSSR count). The molecule has 23 heavy (non-hydrogen) atoms. The minimum Gasteiger partial charge on any atom is -0.494 e. The van der Waals surface area contributed by atoms with Crippen LogP contribution in [0.2, 0.25) is 0 Å². The SMILES string of the molecule is COc1cc(S(=O)(=O)Nc2cnn(C(C)C3CC3)c2)ccc1F. The number of nitrogens with one attached hydrogen (secondary N) is 1. The zero-order valence-electron chi connectivity index (χ0n) is 12.9. The predicted molar refractivity (Wildman–Crippen MR) is 83.4 cm³/mol. The second-order valence-corrected chi connectivity index (χ2v) is 7.37. The Balaban J connectivity index is 1.80. The second kappa shape index (κ2) is 5.84. The van der Waals surface area contributed by atoms with Gasteiger partial charge in [0.2, 0.25) is 0 Å². The van der Waals surface area contributed by atoms with Crippen LogP contribution in [0, 0.1) is 11.7 Å². The van der Waals surface area contributed by atoms with Gasteiger partial charge in [0, 0.05) is 12.3 Å². The van der Waals surface area contributed by atoms with Crippen molar-refractivity contribution in [2.45, 2.75) is 30.7 Å². The van der Waals surface area contributed by atoms with E-state index in [0.717, 1.165) is 12.1 Å². The number of anilines is 1. The molecule has 1 aromatic heterocycles. The third-order valence-corrected chi connectivity index (χ3v) is 5.39. The van der Waals surface area contributed by atoms with E-state index in [-0.39, 0.29) is 16.7 Å². The summed E-state index contributed by atoms with van der Waals surface area (Å²) in [4.78, 5) is -0.0706. The molecule has 124 valence electrons. The molecule has 1 unspecified atom stereocenters. The molecule has 0 bridgehead atoms. The lowest BCUT2D eigenvalue weighted by Crippen LogP contribution is -2.13. The largest absolute Gasteiger partial charge is 0.494 e. The van der Waals surface area contributed by atoms with Crippen molar-refractivity contribution in [2.24, 2.45) is 5.92 Å². The number of nitrogens with zero attached hydrogens (tertiary/aromatic N) is 2. The first-order valence-corrected chi connectivity index (χ1v) is 8.79. The molecule has 0 aliphatic heterocycles. The molecule has 1 aliphatic carbocycles. The smallest absolute Gasteiger partial charge is 0.262 e. The van der Waals surface area contributed by atoms with E-state index >= 15 is 0 Å². The number of rotatable bonds is 6. The molecule has 0 radical (unpaired) electrons. The van der Waals surface area contributed by atoms with Crippen molar-refractivity contribution in [3.63, 3.8) is 0 Å². The zero-order valence-corrected chi connectivity index (χ0v) is 13.7. The van der Waals surface area contributed by atoms with Crippen molar-refractivity contribution in [2.75, 3.05) is 11.8 Å². The van der Waals surface area contributed by atoms with E-state index in [1.807, 2.05) is 0 Å². The van der Waals surface area contributed by atoms with Crippen molar-refractivity contribution in [1.82, 2.24) is 9.78 Å². The monoisotopic (exact) mass is 339 g/mol. The maximum absolute atomic E-state index is 13.4. The molecular formula is C15H18FN3O3S. The van der Waals surface area contributed by atoms with E-state index in [1.165, 1.54) is 32.2 Å². The molecule has 6 nitrogen and oxygen atoms in total. The topological polar surface area (TPSA) is 73.2 Å². The van der Waals surface area contributed by atoms with Crippen LogP contribution >= 0.6 is 0 Å².